The van der Waals surface area contributed by atoms with E-state index in [-0.39, 0.29) is 5.78 Å². The molecule has 53 heavy (non-hydrogen) atoms. The fraction of sp³-hybridized carbons (Fsp3) is 0.913. The quantitative estimate of drug-likeness (QED) is 0.0646. The second-order valence-corrected chi connectivity index (χ2v) is 16.1. The Balaban J connectivity index is 2.12. The van der Waals surface area contributed by atoms with Gasteiger partial charge in [-0.1, -0.05) is 181 Å². The predicted molar refractivity (Wildman–Crippen MR) is 228 cm³/mol. The summed E-state index contributed by atoms with van der Waals surface area (Å²) in [6.07, 6.45) is 45.8. The summed E-state index contributed by atoms with van der Waals surface area (Å²) >= 11 is 0. The molecule has 1 rings (SSSR count). The zero-order valence-electron chi connectivity index (χ0n) is 35.5. The highest BCUT2D eigenvalue weighted by Gasteiger charge is 2.14. The maximum Gasteiger partial charge on any atom is 0.150 e. The van der Waals surface area contributed by atoms with Crippen LogP contribution in [-0.4, -0.2) is 72.8 Å². The number of H-pyrrole nitrogens is 1. The minimum atomic E-state index is -0.484. The van der Waals surface area contributed by atoms with Crippen molar-refractivity contribution in [1.29, 1.82) is 0 Å². The molecular formula is C46H90N4O3. The molecule has 0 bridgehead atoms. The van der Waals surface area contributed by atoms with Crippen LogP contribution in [0.4, 0.5) is 0 Å². The number of rotatable bonds is 44. The van der Waals surface area contributed by atoms with Crippen molar-refractivity contribution in [3.63, 3.8) is 0 Å². The van der Waals surface area contributed by atoms with Crippen LogP contribution in [0.25, 0.3) is 0 Å². The molecule has 7 nitrogen and oxygen atoms in total. The highest BCUT2D eigenvalue weighted by molar-refractivity contribution is 5.83. The minimum absolute atomic E-state index is 0.0761. The smallest absolute Gasteiger partial charge is 0.150 e. The number of imidazole rings is 1. The molecule has 0 amide bonds. The van der Waals surface area contributed by atoms with Crippen LogP contribution in [0.5, 0.6) is 0 Å². The Hall–Kier alpha value is -1.28. The summed E-state index contributed by atoms with van der Waals surface area (Å²) in [4.78, 5) is 22.0. The first-order valence-corrected chi connectivity index (χ1v) is 23.3. The molecule has 1 unspecified atom stereocenters. The monoisotopic (exact) mass is 747 g/mol. The molecule has 0 fully saturated rings. The van der Waals surface area contributed by atoms with Crippen molar-refractivity contribution < 1.29 is 14.3 Å². The molecule has 1 atom stereocenters. The topological polar surface area (TPSA) is 93.5 Å². The third-order valence-electron chi connectivity index (χ3n) is 10.9. The molecular weight excluding hydrogens is 657 g/mol. The SMILES string of the molecule is CCCCCCCCCCCCCCCCN(CCCCCCCCCCCCCCCC)CCCOCCOCCCC(=O)C(N)Cc1cnc[nH]1. The molecule has 0 radical (unpaired) electrons. The second-order valence-electron chi connectivity index (χ2n) is 16.1. The molecule has 0 aliphatic rings. The number of nitrogens with two attached hydrogens (primary N) is 1. The number of unbranched alkanes of at least 4 members (excludes halogenated alkanes) is 26. The van der Waals surface area contributed by atoms with E-state index in [9.17, 15) is 4.79 Å². The fourth-order valence-corrected chi connectivity index (χ4v) is 7.39. The summed E-state index contributed by atoms with van der Waals surface area (Å²) in [5, 5.41) is 0. The van der Waals surface area contributed by atoms with Gasteiger partial charge in [0, 0.05) is 44.5 Å². The molecule has 0 spiro atoms. The first-order valence-electron chi connectivity index (χ1n) is 23.3. The lowest BCUT2D eigenvalue weighted by molar-refractivity contribution is -0.120. The summed E-state index contributed by atoms with van der Waals surface area (Å²) < 4.78 is 11.6. The van der Waals surface area contributed by atoms with Crippen LogP contribution in [0.1, 0.15) is 219 Å². The van der Waals surface area contributed by atoms with Gasteiger partial charge in [0.2, 0.25) is 0 Å². The first-order chi connectivity index (χ1) is 26.2. The Kier molecular flexibility index (Phi) is 37.9. The molecule has 7 heteroatoms. The Morgan fingerprint density at radius 2 is 0.943 bits per heavy atom. The van der Waals surface area contributed by atoms with Crippen LogP contribution in [-0.2, 0) is 20.7 Å². The first kappa shape index (κ1) is 49.7. The highest BCUT2D eigenvalue weighted by Crippen LogP contribution is 2.15. The lowest BCUT2D eigenvalue weighted by Crippen LogP contribution is -2.32. The van der Waals surface area contributed by atoms with E-state index >= 15 is 0 Å². The Morgan fingerprint density at radius 1 is 0.566 bits per heavy atom. The van der Waals surface area contributed by atoms with E-state index in [2.05, 4.69) is 28.7 Å². The van der Waals surface area contributed by atoms with Gasteiger partial charge in [-0.3, -0.25) is 4.79 Å². The zero-order valence-corrected chi connectivity index (χ0v) is 35.5. The second kappa shape index (κ2) is 40.4. The zero-order chi connectivity index (χ0) is 38.1. The van der Waals surface area contributed by atoms with E-state index in [4.69, 9.17) is 15.2 Å². The third-order valence-corrected chi connectivity index (χ3v) is 10.9. The molecule has 0 aromatic carbocycles. The normalized spacial score (nSPS) is 12.3. The number of carbonyl (C=O) groups excluding carboxylic acids is 1. The number of aromatic amines is 1. The van der Waals surface area contributed by atoms with E-state index in [1.54, 1.807) is 12.5 Å². The standard InChI is InChI=1S/C46H90N4O3/c1-3-5-7-9-11-13-15-17-19-21-23-25-27-29-34-50(35-30-28-26-24-22-20-18-16-14-12-10-8-6-4-2)36-32-38-53-40-39-52-37-31-33-46(51)45(47)41-44-42-48-43-49-44/h42-43,45H,3-41,47H2,1-2H3,(H,48,49). The van der Waals surface area contributed by atoms with E-state index in [0.29, 0.717) is 39.1 Å². The molecule has 3 N–H and O–H groups in total. The van der Waals surface area contributed by atoms with Gasteiger partial charge in [0.1, 0.15) is 5.78 Å². The van der Waals surface area contributed by atoms with E-state index < -0.39 is 6.04 Å². The maximum atomic E-state index is 12.3. The van der Waals surface area contributed by atoms with Gasteiger partial charge >= 0.3 is 0 Å². The van der Waals surface area contributed by atoms with Crippen LogP contribution in [0.2, 0.25) is 0 Å². The number of nitrogens with zero attached hydrogens (tertiary/aromatic N) is 2. The average Bonchev–Trinajstić information content (AvgIpc) is 3.68. The molecule has 0 saturated carbocycles. The number of aromatic nitrogens is 2. The predicted octanol–water partition coefficient (Wildman–Crippen LogP) is 12.3. The summed E-state index contributed by atoms with van der Waals surface area (Å²) in [6, 6.07) is -0.484. The number of nitrogens with one attached hydrogen (secondary N) is 1. The lowest BCUT2D eigenvalue weighted by Gasteiger charge is -2.22. The van der Waals surface area contributed by atoms with Gasteiger partial charge in [0.15, 0.2) is 0 Å². The third kappa shape index (κ3) is 34.9. The summed E-state index contributed by atoms with van der Waals surface area (Å²) in [5.41, 5.74) is 6.93. The number of hydrogen-bond acceptors (Lipinski definition) is 6. The fourth-order valence-electron chi connectivity index (χ4n) is 7.39. The number of ether oxygens (including phenoxy) is 2. The van der Waals surface area contributed by atoms with Crippen LogP contribution in [0.3, 0.4) is 0 Å². The Bertz CT molecular complexity index is 820. The number of carbonyl (C=O) groups is 1. The number of ketones is 1. The largest absolute Gasteiger partial charge is 0.379 e. The van der Waals surface area contributed by atoms with Crippen LogP contribution in [0.15, 0.2) is 12.5 Å². The highest BCUT2D eigenvalue weighted by atomic mass is 16.5. The summed E-state index contributed by atoms with van der Waals surface area (Å²) in [6.45, 7) is 10.8. The average molecular weight is 747 g/mol. The molecule has 0 aliphatic carbocycles. The van der Waals surface area contributed by atoms with Gasteiger partial charge in [-0.2, -0.15) is 0 Å². The van der Waals surface area contributed by atoms with Crippen molar-refractivity contribution in [3.05, 3.63) is 18.2 Å². The molecule has 1 aromatic rings. The van der Waals surface area contributed by atoms with Crippen molar-refractivity contribution >= 4 is 5.78 Å². The van der Waals surface area contributed by atoms with Crippen LogP contribution < -0.4 is 5.73 Å². The van der Waals surface area contributed by atoms with Gasteiger partial charge in [-0.15, -0.1) is 0 Å². The van der Waals surface area contributed by atoms with Gasteiger partial charge in [0.05, 0.1) is 25.6 Å². The molecule has 0 aliphatic heterocycles. The van der Waals surface area contributed by atoms with Gasteiger partial charge in [-0.25, -0.2) is 4.98 Å². The molecule has 1 heterocycles. The van der Waals surface area contributed by atoms with Crippen LogP contribution in [0, 0.1) is 0 Å². The van der Waals surface area contributed by atoms with E-state index in [1.165, 1.54) is 193 Å². The van der Waals surface area contributed by atoms with Crippen molar-refractivity contribution in [1.82, 2.24) is 14.9 Å². The van der Waals surface area contributed by atoms with Gasteiger partial charge < -0.3 is 25.1 Å². The molecule has 312 valence electrons. The van der Waals surface area contributed by atoms with Gasteiger partial charge in [0.25, 0.3) is 0 Å². The lowest BCUT2D eigenvalue weighted by atomic mass is 10.0. The van der Waals surface area contributed by atoms with Crippen LogP contribution >= 0.6 is 0 Å². The van der Waals surface area contributed by atoms with Crippen molar-refractivity contribution in [2.45, 2.75) is 225 Å². The molecule has 0 saturated heterocycles. The Morgan fingerprint density at radius 3 is 1.34 bits per heavy atom. The summed E-state index contributed by atoms with van der Waals surface area (Å²) in [5.74, 6) is 0.0761. The van der Waals surface area contributed by atoms with Gasteiger partial charge in [-0.05, 0) is 38.8 Å². The van der Waals surface area contributed by atoms with E-state index in [0.717, 1.165) is 25.3 Å². The number of hydrogen-bond donors (Lipinski definition) is 2. The van der Waals surface area contributed by atoms with Crippen molar-refractivity contribution in [3.8, 4) is 0 Å². The van der Waals surface area contributed by atoms with Crippen molar-refractivity contribution in [2.24, 2.45) is 5.73 Å². The Labute approximate surface area is 329 Å². The minimum Gasteiger partial charge on any atom is -0.379 e. The van der Waals surface area contributed by atoms with E-state index in [1.807, 2.05) is 0 Å². The number of Topliss-reactive ketones (excluding diaryl/α,β-unsaturated/α-hetero) is 1. The maximum absolute atomic E-state index is 12.3. The summed E-state index contributed by atoms with van der Waals surface area (Å²) in [7, 11) is 0. The van der Waals surface area contributed by atoms with Crippen molar-refractivity contribution in [2.75, 3.05) is 46.1 Å². The molecule has 1 aromatic heterocycles.